The number of carbonyl (C=O) groups excluding carboxylic acids is 1. The van der Waals surface area contributed by atoms with Gasteiger partial charge in [0.1, 0.15) is 5.75 Å². The minimum Gasteiger partial charge on any atom is -0.481 e. The molecule has 0 aromatic heterocycles. The first kappa shape index (κ1) is 12.4. The van der Waals surface area contributed by atoms with Crippen molar-refractivity contribution in [3.63, 3.8) is 0 Å². The van der Waals surface area contributed by atoms with Crippen LogP contribution in [-0.2, 0) is 11.0 Å². The Bertz CT molecular complexity index is 390. The van der Waals surface area contributed by atoms with Crippen molar-refractivity contribution in [3.05, 3.63) is 29.8 Å². The molecule has 6 heteroatoms. The second-order valence-electron chi connectivity index (χ2n) is 3.19. The van der Waals surface area contributed by atoms with Gasteiger partial charge in [-0.15, -0.1) is 0 Å². The molecule has 0 bridgehead atoms. The van der Waals surface area contributed by atoms with Crippen molar-refractivity contribution in [2.45, 2.75) is 19.2 Å². The molecule has 1 atom stereocenters. The van der Waals surface area contributed by atoms with Gasteiger partial charge in [0.15, 0.2) is 6.10 Å². The van der Waals surface area contributed by atoms with E-state index in [4.69, 9.17) is 10.5 Å². The van der Waals surface area contributed by atoms with Gasteiger partial charge in [-0.3, -0.25) is 4.79 Å². The molecule has 0 aliphatic carbocycles. The number of benzene rings is 1. The van der Waals surface area contributed by atoms with Gasteiger partial charge >= 0.3 is 6.18 Å². The molecule has 0 spiro atoms. The summed E-state index contributed by atoms with van der Waals surface area (Å²) in [5.41, 5.74) is 4.09. The van der Waals surface area contributed by atoms with Crippen molar-refractivity contribution >= 4 is 5.91 Å². The number of carbonyl (C=O) groups is 1. The number of primary amides is 1. The first-order valence-electron chi connectivity index (χ1n) is 4.44. The van der Waals surface area contributed by atoms with Gasteiger partial charge in [-0.25, -0.2) is 0 Å². The lowest BCUT2D eigenvalue weighted by molar-refractivity contribution is -0.137. The molecule has 1 aromatic rings. The lowest BCUT2D eigenvalue weighted by atomic mass is 10.2. The molecule has 0 aliphatic heterocycles. The Kier molecular flexibility index (Phi) is 3.41. The van der Waals surface area contributed by atoms with Gasteiger partial charge in [0, 0.05) is 0 Å². The van der Waals surface area contributed by atoms with E-state index in [1.807, 2.05) is 0 Å². The van der Waals surface area contributed by atoms with E-state index in [9.17, 15) is 18.0 Å². The van der Waals surface area contributed by atoms with Crippen LogP contribution in [0.5, 0.6) is 5.75 Å². The van der Waals surface area contributed by atoms with Crippen LogP contribution in [0.4, 0.5) is 13.2 Å². The predicted molar refractivity (Wildman–Crippen MR) is 50.7 cm³/mol. The molecular formula is C10H10F3NO2. The second kappa shape index (κ2) is 4.42. The molecule has 0 fully saturated rings. The summed E-state index contributed by atoms with van der Waals surface area (Å²) in [6.45, 7) is 1.36. The van der Waals surface area contributed by atoms with E-state index in [2.05, 4.69) is 0 Å². The van der Waals surface area contributed by atoms with E-state index < -0.39 is 23.8 Å². The molecule has 1 amide bonds. The summed E-state index contributed by atoms with van der Waals surface area (Å²) in [5, 5.41) is 0. The van der Waals surface area contributed by atoms with Crippen LogP contribution in [0.1, 0.15) is 12.5 Å². The smallest absolute Gasteiger partial charge is 0.416 e. The van der Waals surface area contributed by atoms with Crippen LogP contribution in [0.25, 0.3) is 0 Å². The largest absolute Gasteiger partial charge is 0.481 e. The first-order valence-corrected chi connectivity index (χ1v) is 4.44. The Morgan fingerprint density at radius 2 is 2.06 bits per heavy atom. The second-order valence-corrected chi connectivity index (χ2v) is 3.19. The average molecular weight is 233 g/mol. The molecule has 3 nitrogen and oxygen atoms in total. The van der Waals surface area contributed by atoms with E-state index >= 15 is 0 Å². The average Bonchev–Trinajstić information content (AvgIpc) is 2.16. The monoisotopic (exact) mass is 233 g/mol. The van der Waals surface area contributed by atoms with Crippen LogP contribution in [0.2, 0.25) is 0 Å². The molecule has 1 aromatic carbocycles. The van der Waals surface area contributed by atoms with Crippen LogP contribution in [-0.4, -0.2) is 12.0 Å². The third-order valence-electron chi connectivity index (χ3n) is 1.87. The Balaban J connectivity index is 2.87. The van der Waals surface area contributed by atoms with Crippen molar-refractivity contribution in [2.24, 2.45) is 5.73 Å². The molecule has 0 unspecified atom stereocenters. The van der Waals surface area contributed by atoms with Crippen molar-refractivity contribution in [1.29, 1.82) is 0 Å². The molecular weight excluding hydrogens is 223 g/mol. The molecule has 0 heterocycles. The first-order chi connectivity index (χ1) is 7.30. The minimum atomic E-state index is -4.44. The third-order valence-corrected chi connectivity index (χ3v) is 1.87. The molecule has 88 valence electrons. The van der Waals surface area contributed by atoms with Crippen LogP contribution >= 0.6 is 0 Å². The van der Waals surface area contributed by atoms with Crippen molar-refractivity contribution in [2.75, 3.05) is 0 Å². The zero-order chi connectivity index (χ0) is 12.3. The van der Waals surface area contributed by atoms with Crippen LogP contribution in [0.15, 0.2) is 24.3 Å². The number of halogens is 3. The quantitative estimate of drug-likeness (QED) is 0.867. The van der Waals surface area contributed by atoms with Crippen LogP contribution < -0.4 is 10.5 Å². The van der Waals surface area contributed by atoms with E-state index in [0.29, 0.717) is 0 Å². The number of hydrogen-bond donors (Lipinski definition) is 1. The SMILES string of the molecule is C[C@H](Oc1cccc(C(F)(F)F)c1)C(N)=O. The summed E-state index contributed by atoms with van der Waals surface area (Å²) in [6, 6.07) is 4.27. The molecule has 2 N–H and O–H groups in total. The van der Waals surface area contributed by atoms with Crippen molar-refractivity contribution < 1.29 is 22.7 Å². The fraction of sp³-hybridized carbons (Fsp3) is 0.300. The number of alkyl halides is 3. The zero-order valence-corrected chi connectivity index (χ0v) is 8.41. The Labute approximate surface area is 90.0 Å². The maximum absolute atomic E-state index is 12.3. The lowest BCUT2D eigenvalue weighted by Crippen LogP contribution is -2.30. The predicted octanol–water partition coefficient (Wildman–Crippen LogP) is 1.96. The third kappa shape index (κ3) is 3.15. The minimum absolute atomic E-state index is 0.0406. The van der Waals surface area contributed by atoms with E-state index in [-0.39, 0.29) is 5.75 Å². The van der Waals surface area contributed by atoms with Gasteiger partial charge in [0.25, 0.3) is 5.91 Å². The van der Waals surface area contributed by atoms with Crippen molar-refractivity contribution in [1.82, 2.24) is 0 Å². The number of nitrogens with two attached hydrogens (primary N) is 1. The van der Waals surface area contributed by atoms with Gasteiger partial charge in [-0.05, 0) is 25.1 Å². The van der Waals surface area contributed by atoms with E-state index in [1.165, 1.54) is 19.1 Å². The molecule has 0 radical (unpaired) electrons. The molecule has 0 saturated heterocycles. The van der Waals surface area contributed by atoms with Crippen LogP contribution in [0.3, 0.4) is 0 Å². The van der Waals surface area contributed by atoms with Gasteiger partial charge < -0.3 is 10.5 Å². The summed E-state index contributed by atoms with van der Waals surface area (Å²) < 4.78 is 41.9. The maximum Gasteiger partial charge on any atom is 0.416 e. The summed E-state index contributed by atoms with van der Waals surface area (Å²) in [4.78, 5) is 10.7. The topological polar surface area (TPSA) is 52.3 Å². The number of amides is 1. The molecule has 0 aliphatic rings. The molecule has 16 heavy (non-hydrogen) atoms. The highest BCUT2D eigenvalue weighted by atomic mass is 19.4. The summed E-state index contributed by atoms with van der Waals surface area (Å²) in [7, 11) is 0. The Morgan fingerprint density at radius 3 is 2.56 bits per heavy atom. The number of ether oxygens (including phenoxy) is 1. The Morgan fingerprint density at radius 1 is 1.44 bits per heavy atom. The highest BCUT2D eigenvalue weighted by Crippen LogP contribution is 2.31. The highest BCUT2D eigenvalue weighted by molar-refractivity contribution is 5.78. The summed E-state index contributed by atoms with van der Waals surface area (Å²) in [6.07, 6.45) is -5.40. The normalized spacial score (nSPS) is 13.2. The standard InChI is InChI=1S/C10H10F3NO2/c1-6(9(14)15)16-8-4-2-3-7(5-8)10(11,12)13/h2-6H,1H3,(H2,14,15)/t6-/m0/s1. The van der Waals surface area contributed by atoms with Gasteiger partial charge in [-0.1, -0.05) is 6.07 Å². The fourth-order valence-corrected chi connectivity index (χ4v) is 1.01. The maximum atomic E-state index is 12.3. The van der Waals surface area contributed by atoms with Gasteiger partial charge in [0.05, 0.1) is 5.56 Å². The molecule has 0 saturated carbocycles. The van der Waals surface area contributed by atoms with E-state index in [0.717, 1.165) is 12.1 Å². The lowest BCUT2D eigenvalue weighted by Gasteiger charge is -2.13. The van der Waals surface area contributed by atoms with Gasteiger partial charge in [-0.2, -0.15) is 13.2 Å². The number of rotatable bonds is 3. The fourth-order valence-electron chi connectivity index (χ4n) is 1.01. The molecule has 1 rings (SSSR count). The highest BCUT2D eigenvalue weighted by Gasteiger charge is 2.30. The number of hydrogen-bond acceptors (Lipinski definition) is 2. The van der Waals surface area contributed by atoms with E-state index in [1.54, 1.807) is 0 Å². The summed E-state index contributed by atoms with van der Waals surface area (Å²) in [5.74, 6) is -0.779. The summed E-state index contributed by atoms with van der Waals surface area (Å²) >= 11 is 0. The zero-order valence-electron chi connectivity index (χ0n) is 8.41. The van der Waals surface area contributed by atoms with Gasteiger partial charge in [0.2, 0.25) is 0 Å². The van der Waals surface area contributed by atoms with Crippen LogP contribution in [0, 0.1) is 0 Å². The Hall–Kier alpha value is -1.72. The van der Waals surface area contributed by atoms with Crippen molar-refractivity contribution in [3.8, 4) is 5.75 Å².